The number of hydrogen-bond donors (Lipinski definition) is 0. The maximum atomic E-state index is 13.7. The average molecular weight is 544 g/mol. The number of rotatable bonds is 6. The lowest BCUT2D eigenvalue weighted by atomic mass is 10.1. The third-order valence-corrected chi connectivity index (χ3v) is 5.54. The van der Waals surface area contributed by atoms with Gasteiger partial charge >= 0.3 is 27.7 Å². The fraction of sp³-hybridized carbons (Fsp3) is 0.278. The van der Waals surface area contributed by atoms with Gasteiger partial charge in [-0.1, -0.05) is 23.7 Å². The van der Waals surface area contributed by atoms with Gasteiger partial charge in [-0.25, -0.2) is 4.39 Å². The molecule has 1 aromatic carbocycles. The van der Waals surface area contributed by atoms with Crippen LogP contribution in [0, 0.1) is 6.92 Å². The summed E-state index contributed by atoms with van der Waals surface area (Å²) in [5, 5.41) is -6.80. The van der Waals surface area contributed by atoms with Crippen molar-refractivity contribution >= 4 is 33.9 Å². The molecule has 0 radical (unpaired) electrons. The van der Waals surface area contributed by atoms with Gasteiger partial charge in [-0.2, -0.15) is 43.5 Å². The Kier molecular flexibility index (Phi) is 7.43. The molecule has 0 fully saturated rings. The van der Waals surface area contributed by atoms with Gasteiger partial charge in [0, 0.05) is 6.07 Å². The van der Waals surface area contributed by atoms with Gasteiger partial charge in [-0.3, -0.25) is 9.08 Å². The average Bonchev–Trinajstić information content (AvgIpc) is 2.67. The first-order valence-corrected chi connectivity index (χ1v) is 10.4. The molecule has 188 valence electrons. The van der Waals surface area contributed by atoms with E-state index in [2.05, 4.69) is 4.28 Å². The van der Waals surface area contributed by atoms with Crippen LogP contribution in [0.5, 0.6) is 0 Å². The van der Waals surface area contributed by atoms with Crippen LogP contribution in [0.1, 0.15) is 22.4 Å². The van der Waals surface area contributed by atoms with E-state index in [0.29, 0.717) is 12.1 Å². The van der Waals surface area contributed by atoms with Crippen molar-refractivity contribution in [2.24, 2.45) is 0 Å². The molecule has 5 nitrogen and oxygen atoms in total. The highest BCUT2D eigenvalue weighted by Gasteiger charge is 2.66. The summed E-state index contributed by atoms with van der Waals surface area (Å²) in [4.78, 5) is 12.1. The summed E-state index contributed by atoms with van der Waals surface area (Å²) in [7, 11) is -6.73. The summed E-state index contributed by atoms with van der Waals surface area (Å²) >= 11 is 5.48. The monoisotopic (exact) mass is 543 g/mol. The third-order valence-electron chi connectivity index (χ3n) is 3.99. The third kappa shape index (κ3) is 5.87. The van der Waals surface area contributed by atoms with Crippen LogP contribution < -0.4 is 9.84 Å². The van der Waals surface area contributed by atoms with Gasteiger partial charge in [0.15, 0.2) is 0 Å². The number of halogens is 10. The Morgan fingerprint density at radius 1 is 1.00 bits per heavy atom. The molecule has 0 amide bonds. The summed E-state index contributed by atoms with van der Waals surface area (Å²) in [6, 6.07) is 4.09. The van der Waals surface area contributed by atoms with E-state index in [1.54, 1.807) is 0 Å². The molecular weight excluding hydrogens is 533 g/mol. The molecule has 34 heavy (non-hydrogen) atoms. The molecule has 1 aromatic heterocycles. The van der Waals surface area contributed by atoms with Crippen LogP contribution in [0.4, 0.5) is 39.5 Å². The van der Waals surface area contributed by atoms with E-state index in [0.717, 1.165) is 30.4 Å². The lowest BCUT2D eigenvalue weighted by molar-refractivity contribution is -0.223. The van der Waals surface area contributed by atoms with Crippen molar-refractivity contribution in [2.75, 3.05) is 0 Å². The molecule has 2 rings (SSSR count). The van der Waals surface area contributed by atoms with Crippen molar-refractivity contribution in [2.45, 2.75) is 30.7 Å². The number of pyridine rings is 1. The molecule has 1 atom stereocenters. The number of alkyl halides is 9. The van der Waals surface area contributed by atoms with Crippen LogP contribution in [0.25, 0.3) is 12.2 Å². The molecule has 1 unspecified atom stereocenters. The molecule has 0 aliphatic heterocycles. The van der Waals surface area contributed by atoms with Crippen molar-refractivity contribution in [1.82, 2.24) is 4.73 Å². The van der Waals surface area contributed by atoms with E-state index in [1.165, 1.54) is 6.92 Å². The van der Waals surface area contributed by atoms with E-state index in [-0.39, 0.29) is 15.9 Å². The zero-order chi connectivity index (χ0) is 26.3. The molecule has 0 spiro atoms. The van der Waals surface area contributed by atoms with Gasteiger partial charge in [0.25, 0.3) is 11.7 Å². The van der Waals surface area contributed by atoms with E-state index in [4.69, 9.17) is 11.6 Å². The molecule has 0 saturated heterocycles. The van der Waals surface area contributed by atoms with E-state index in [1.807, 2.05) is 0 Å². The number of aromatic nitrogens is 1. The van der Waals surface area contributed by atoms with Gasteiger partial charge in [0.05, 0.1) is 16.3 Å². The molecule has 2 aromatic rings. The summed E-state index contributed by atoms with van der Waals surface area (Å²) in [5.41, 5.74) is -3.52. The fourth-order valence-corrected chi connectivity index (χ4v) is 3.49. The first-order chi connectivity index (χ1) is 15.3. The van der Waals surface area contributed by atoms with Crippen LogP contribution in [-0.2, 0) is 16.3 Å². The minimum atomic E-state index is -6.73. The molecule has 0 aliphatic carbocycles. The molecule has 1 heterocycles. The Hall–Kier alpha value is -2.68. The number of benzene rings is 1. The predicted molar refractivity (Wildman–Crippen MR) is 102 cm³/mol. The molecule has 16 heteroatoms. The number of nitrogens with zero attached hydrogens (tertiary/aromatic N) is 1. The Balaban J connectivity index is 2.54. The molecular formula is C18H11ClF9NO4S. The largest absolute Gasteiger partial charge is 0.426 e. The highest BCUT2D eigenvalue weighted by molar-refractivity contribution is 7.88. The van der Waals surface area contributed by atoms with Crippen LogP contribution in [0.3, 0.4) is 0 Å². The van der Waals surface area contributed by atoms with Gasteiger partial charge in [0.2, 0.25) is 0 Å². The minimum Gasteiger partial charge on any atom is -0.279 e. The molecule has 0 saturated carbocycles. The summed E-state index contributed by atoms with van der Waals surface area (Å²) in [6.07, 6.45) is -14.7. The van der Waals surface area contributed by atoms with Gasteiger partial charge in [0.1, 0.15) is 0 Å². The smallest absolute Gasteiger partial charge is 0.279 e. The van der Waals surface area contributed by atoms with Crippen LogP contribution in [0.2, 0.25) is 5.02 Å². The molecule has 0 N–H and O–H groups in total. The van der Waals surface area contributed by atoms with Gasteiger partial charge < -0.3 is 0 Å². The first kappa shape index (κ1) is 27.6. The standard InChI is InChI=1S/C18H11ClF9NO4S/c1-9-6-11(4-2-10-3-5-13(19)12(8-10)16(21,22)23)29(14(30)7-9)33-34(31,32)18(27,28)15(20)17(24,25)26/h2-8,15H,1H3. The van der Waals surface area contributed by atoms with Crippen LogP contribution in [0.15, 0.2) is 35.1 Å². The second-order valence-corrected chi connectivity index (χ2v) is 8.66. The summed E-state index contributed by atoms with van der Waals surface area (Å²) in [6.45, 7) is 1.28. The van der Waals surface area contributed by atoms with Crippen molar-refractivity contribution in [3.8, 4) is 0 Å². The second-order valence-electron chi connectivity index (χ2n) is 6.66. The molecule has 0 aliphatic rings. The fourth-order valence-electron chi connectivity index (χ4n) is 2.42. The van der Waals surface area contributed by atoms with E-state index < -0.39 is 55.7 Å². The van der Waals surface area contributed by atoms with Crippen molar-refractivity contribution < 1.29 is 52.2 Å². The summed E-state index contributed by atoms with van der Waals surface area (Å²) < 4.78 is 143. The highest BCUT2D eigenvalue weighted by atomic mass is 35.5. The first-order valence-electron chi connectivity index (χ1n) is 8.59. The maximum Gasteiger partial charge on any atom is 0.426 e. The Labute approximate surface area is 190 Å². The predicted octanol–water partition coefficient (Wildman–Crippen LogP) is 5.25. The van der Waals surface area contributed by atoms with Crippen molar-refractivity contribution in [3.63, 3.8) is 0 Å². The van der Waals surface area contributed by atoms with Crippen LogP contribution >= 0.6 is 11.6 Å². The van der Waals surface area contributed by atoms with E-state index >= 15 is 0 Å². The Morgan fingerprint density at radius 3 is 2.12 bits per heavy atom. The number of hydrogen-bond acceptors (Lipinski definition) is 4. The summed E-state index contributed by atoms with van der Waals surface area (Å²) in [5.74, 6) is 0. The zero-order valence-electron chi connectivity index (χ0n) is 16.4. The highest BCUT2D eigenvalue weighted by Crippen LogP contribution is 2.38. The Morgan fingerprint density at radius 2 is 1.59 bits per heavy atom. The minimum absolute atomic E-state index is 0.0828. The maximum absolute atomic E-state index is 13.7. The lowest BCUT2D eigenvalue weighted by Crippen LogP contribution is -2.51. The van der Waals surface area contributed by atoms with E-state index in [9.17, 15) is 52.7 Å². The number of aryl methyl sites for hydroxylation is 1. The van der Waals surface area contributed by atoms with Crippen molar-refractivity contribution in [1.29, 1.82) is 0 Å². The SMILES string of the molecule is Cc1cc(C=Cc2ccc(Cl)c(C(F)(F)F)c2)n(OS(=O)(=O)C(F)(F)C(F)C(F)(F)F)c(=O)c1. The second kappa shape index (κ2) is 9.17. The van der Waals surface area contributed by atoms with Crippen molar-refractivity contribution in [3.05, 3.63) is 68.1 Å². The quantitative estimate of drug-likeness (QED) is 0.467. The van der Waals surface area contributed by atoms with Gasteiger partial charge in [-0.15, -0.1) is 4.73 Å². The topological polar surface area (TPSA) is 65.4 Å². The van der Waals surface area contributed by atoms with Crippen LogP contribution in [-0.4, -0.2) is 30.8 Å². The lowest BCUT2D eigenvalue weighted by Gasteiger charge is -2.22. The Bertz CT molecular complexity index is 1270. The molecule has 0 bridgehead atoms. The van der Waals surface area contributed by atoms with Gasteiger partial charge in [-0.05, 0) is 42.3 Å². The normalized spacial score (nSPS) is 14.4. The zero-order valence-corrected chi connectivity index (χ0v) is 18.0.